The maximum atomic E-state index is 12.2. The highest BCUT2D eigenvalue weighted by Crippen LogP contribution is 2.27. The van der Waals surface area contributed by atoms with Crippen molar-refractivity contribution in [1.82, 2.24) is 4.90 Å². The van der Waals surface area contributed by atoms with Crippen molar-refractivity contribution in [3.63, 3.8) is 0 Å². The molecule has 1 aromatic carbocycles. The predicted molar refractivity (Wildman–Crippen MR) is 76.6 cm³/mol. The fourth-order valence-electron chi connectivity index (χ4n) is 2.49. The van der Waals surface area contributed by atoms with E-state index in [-0.39, 0.29) is 22.7 Å². The molecule has 0 unspecified atom stereocenters. The molecule has 5 heteroatoms. The first kappa shape index (κ1) is 14.2. The summed E-state index contributed by atoms with van der Waals surface area (Å²) in [6.45, 7) is 4.06. The molecular weight excluding hydrogens is 264 g/mol. The maximum absolute atomic E-state index is 12.2. The SMILES string of the molecule is CCCN1CCC[C@H]1C(=O)Nc1ccc(O)c(Cl)c1. The van der Waals surface area contributed by atoms with Gasteiger partial charge in [0.1, 0.15) is 5.75 Å². The third kappa shape index (κ3) is 3.39. The number of nitrogens with zero attached hydrogens (tertiary/aromatic N) is 1. The Kier molecular flexibility index (Phi) is 4.66. The van der Waals surface area contributed by atoms with Crippen LogP contribution < -0.4 is 5.32 Å². The van der Waals surface area contributed by atoms with E-state index in [1.807, 2.05) is 0 Å². The van der Waals surface area contributed by atoms with Crippen LogP contribution in [0, 0.1) is 0 Å². The summed E-state index contributed by atoms with van der Waals surface area (Å²) in [7, 11) is 0. The quantitative estimate of drug-likeness (QED) is 0.835. The van der Waals surface area contributed by atoms with Crippen molar-refractivity contribution < 1.29 is 9.90 Å². The molecule has 0 aromatic heterocycles. The Morgan fingerprint density at radius 1 is 1.58 bits per heavy atom. The molecule has 0 saturated carbocycles. The van der Waals surface area contributed by atoms with Gasteiger partial charge in [-0.3, -0.25) is 9.69 Å². The molecule has 0 spiro atoms. The van der Waals surface area contributed by atoms with Gasteiger partial charge in [-0.15, -0.1) is 0 Å². The summed E-state index contributed by atoms with van der Waals surface area (Å²) in [4.78, 5) is 14.5. The highest BCUT2D eigenvalue weighted by Gasteiger charge is 2.29. The second kappa shape index (κ2) is 6.26. The molecule has 1 aliphatic rings. The first-order chi connectivity index (χ1) is 9.11. The molecular formula is C14H19ClN2O2. The van der Waals surface area contributed by atoms with Crippen molar-refractivity contribution in [3.05, 3.63) is 23.2 Å². The number of nitrogens with one attached hydrogen (secondary N) is 1. The van der Waals surface area contributed by atoms with Gasteiger partial charge in [0.15, 0.2) is 0 Å². The minimum atomic E-state index is -0.0486. The van der Waals surface area contributed by atoms with E-state index >= 15 is 0 Å². The number of hydrogen-bond donors (Lipinski definition) is 2. The number of rotatable bonds is 4. The van der Waals surface area contributed by atoms with Crippen molar-refractivity contribution in [3.8, 4) is 5.75 Å². The van der Waals surface area contributed by atoms with Gasteiger partial charge in [-0.1, -0.05) is 18.5 Å². The monoisotopic (exact) mass is 282 g/mol. The third-order valence-corrected chi connectivity index (χ3v) is 3.70. The van der Waals surface area contributed by atoms with Gasteiger partial charge in [-0.05, 0) is 50.6 Å². The smallest absolute Gasteiger partial charge is 0.241 e. The van der Waals surface area contributed by atoms with Gasteiger partial charge in [0.05, 0.1) is 11.1 Å². The van der Waals surface area contributed by atoms with E-state index in [9.17, 15) is 9.90 Å². The topological polar surface area (TPSA) is 52.6 Å². The fourth-order valence-corrected chi connectivity index (χ4v) is 2.67. The van der Waals surface area contributed by atoms with Gasteiger partial charge in [0.25, 0.3) is 0 Å². The molecule has 2 rings (SSSR count). The van der Waals surface area contributed by atoms with Crippen molar-refractivity contribution in [2.75, 3.05) is 18.4 Å². The van der Waals surface area contributed by atoms with Crippen molar-refractivity contribution in [2.45, 2.75) is 32.2 Å². The van der Waals surface area contributed by atoms with Gasteiger partial charge in [0.2, 0.25) is 5.91 Å². The number of hydrogen-bond acceptors (Lipinski definition) is 3. The van der Waals surface area contributed by atoms with Gasteiger partial charge < -0.3 is 10.4 Å². The molecule has 1 amide bonds. The summed E-state index contributed by atoms with van der Waals surface area (Å²) < 4.78 is 0. The van der Waals surface area contributed by atoms with E-state index in [4.69, 9.17) is 11.6 Å². The molecule has 104 valence electrons. The number of amides is 1. The first-order valence-electron chi connectivity index (χ1n) is 6.65. The van der Waals surface area contributed by atoms with Crippen LogP contribution in [0.2, 0.25) is 5.02 Å². The minimum absolute atomic E-state index is 0.00714. The highest BCUT2D eigenvalue weighted by molar-refractivity contribution is 6.32. The summed E-state index contributed by atoms with van der Waals surface area (Å²) >= 11 is 5.82. The molecule has 1 aromatic rings. The Balaban J connectivity index is 2.02. The van der Waals surface area contributed by atoms with Crippen LogP contribution in [0.5, 0.6) is 5.75 Å². The lowest BCUT2D eigenvalue weighted by Crippen LogP contribution is -2.39. The van der Waals surface area contributed by atoms with E-state index in [1.54, 1.807) is 12.1 Å². The lowest BCUT2D eigenvalue weighted by Gasteiger charge is -2.23. The van der Waals surface area contributed by atoms with Crippen LogP contribution in [0.3, 0.4) is 0 Å². The van der Waals surface area contributed by atoms with E-state index in [0.29, 0.717) is 5.69 Å². The average molecular weight is 283 g/mol. The zero-order valence-corrected chi connectivity index (χ0v) is 11.8. The number of carbonyl (C=O) groups excluding carboxylic acids is 1. The lowest BCUT2D eigenvalue weighted by atomic mass is 10.2. The first-order valence-corrected chi connectivity index (χ1v) is 7.03. The lowest BCUT2D eigenvalue weighted by molar-refractivity contribution is -0.120. The second-order valence-electron chi connectivity index (χ2n) is 4.85. The fraction of sp³-hybridized carbons (Fsp3) is 0.500. The molecule has 0 aliphatic carbocycles. The van der Waals surface area contributed by atoms with Crippen LogP contribution >= 0.6 is 11.6 Å². The number of phenols is 1. The Morgan fingerprint density at radius 2 is 2.37 bits per heavy atom. The summed E-state index contributed by atoms with van der Waals surface area (Å²) in [6.07, 6.45) is 3.01. The Labute approximate surface area is 118 Å². The highest BCUT2D eigenvalue weighted by atomic mass is 35.5. The van der Waals surface area contributed by atoms with Gasteiger partial charge in [-0.2, -0.15) is 0 Å². The molecule has 0 bridgehead atoms. The number of anilines is 1. The Morgan fingerprint density at radius 3 is 3.05 bits per heavy atom. The van der Waals surface area contributed by atoms with E-state index in [2.05, 4.69) is 17.1 Å². The molecule has 1 fully saturated rings. The van der Waals surface area contributed by atoms with Gasteiger partial charge >= 0.3 is 0 Å². The van der Waals surface area contributed by atoms with Crippen molar-refractivity contribution >= 4 is 23.2 Å². The summed E-state index contributed by atoms with van der Waals surface area (Å²) in [5.41, 5.74) is 0.621. The summed E-state index contributed by atoms with van der Waals surface area (Å²) in [5.74, 6) is 0.0286. The number of aromatic hydroxyl groups is 1. The van der Waals surface area contributed by atoms with Crippen LogP contribution in [-0.2, 0) is 4.79 Å². The Hall–Kier alpha value is -1.26. The maximum Gasteiger partial charge on any atom is 0.241 e. The number of likely N-dealkylation sites (tertiary alicyclic amines) is 1. The van der Waals surface area contributed by atoms with Crippen LogP contribution in [-0.4, -0.2) is 35.0 Å². The largest absolute Gasteiger partial charge is 0.506 e. The standard InChI is InChI=1S/C14H19ClN2O2/c1-2-7-17-8-3-4-12(17)14(19)16-10-5-6-13(18)11(15)9-10/h5-6,9,12,18H,2-4,7-8H2,1H3,(H,16,19)/t12-/m0/s1. The number of halogens is 1. The molecule has 1 heterocycles. The van der Waals surface area contributed by atoms with Crippen LogP contribution in [0.4, 0.5) is 5.69 Å². The van der Waals surface area contributed by atoms with Crippen LogP contribution in [0.15, 0.2) is 18.2 Å². The van der Waals surface area contributed by atoms with Crippen LogP contribution in [0.25, 0.3) is 0 Å². The molecule has 1 atom stereocenters. The van der Waals surface area contributed by atoms with Crippen molar-refractivity contribution in [1.29, 1.82) is 0 Å². The molecule has 0 radical (unpaired) electrons. The molecule has 19 heavy (non-hydrogen) atoms. The van der Waals surface area contributed by atoms with Crippen LogP contribution in [0.1, 0.15) is 26.2 Å². The minimum Gasteiger partial charge on any atom is -0.506 e. The third-order valence-electron chi connectivity index (χ3n) is 3.39. The van der Waals surface area contributed by atoms with Crippen molar-refractivity contribution in [2.24, 2.45) is 0 Å². The second-order valence-corrected chi connectivity index (χ2v) is 5.26. The van der Waals surface area contributed by atoms with E-state index < -0.39 is 0 Å². The predicted octanol–water partition coefficient (Wildman–Crippen LogP) is 2.86. The molecule has 1 aliphatic heterocycles. The van der Waals surface area contributed by atoms with Gasteiger partial charge in [0, 0.05) is 5.69 Å². The zero-order valence-electron chi connectivity index (χ0n) is 11.0. The average Bonchev–Trinajstić information content (AvgIpc) is 2.83. The molecule has 2 N–H and O–H groups in total. The van der Waals surface area contributed by atoms with E-state index in [1.165, 1.54) is 6.07 Å². The summed E-state index contributed by atoms with van der Waals surface area (Å²) in [5, 5.41) is 12.5. The molecule has 4 nitrogen and oxygen atoms in total. The van der Waals surface area contributed by atoms with Gasteiger partial charge in [-0.25, -0.2) is 0 Å². The number of phenolic OH excluding ortho intramolecular Hbond substituents is 1. The van der Waals surface area contributed by atoms with E-state index in [0.717, 1.165) is 32.4 Å². The Bertz CT molecular complexity index is 465. The normalized spacial score (nSPS) is 19.6. The number of carbonyl (C=O) groups is 1. The summed E-state index contributed by atoms with van der Waals surface area (Å²) in [6, 6.07) is 4.65. The number of benzene rings is 1. The zero-order chi connectivity index (χ0) is 13.8. The molecule has 1 saturated heterocycles.